The minimum atomic E-state index is -0.491. The van der Waals surface area contributed by atoms with Crippen molar-refractivity contribution in [2.75, 3.05) is 5.32 Å². The topological polar surface area (TPSA) is 85.1 Å². The van der Waals surface area contributed by atoms with Gasteiger partial charge in [0.15, 0.2) is 0 Å². The van der Waals surface area contributed by atoms with Gasteiger partial charge in [0, 0.05) is 40.0 Å². The Labute approximate surface area is 141 Å². The summed E-state index contributed by atoms with van der Waals surface area (Å²) in [5.41, 5.74) is 2.28. The number of nitro benzene ring substituents is 1. The van der Waals surface area contributed by atoms with Gasteiger partial charge in [0.05, 0.1) is 4.92 Å². The number of nitrogens with one attached hydrogen (secondary N) is 1. The van der Waals surface area contributed by atoms with Crippen LogP contribution in [0.2, 0.25) is 0 Å². The van der Waals surface area contributed by atoms with Crippen molar-refractivity contribution in [2.45, 2.75) is 6.92 Å². The predicted octanol–water partition coefficient (Wildman–Crippen LogP) is 4.28. The van der Waals surface area contributed by atoms with E-state index in [1.807, 2.05) is 17.5 Å². The highest BCUT2D eigenvalue weighted by atomic mass is 32.1. The van der Waals surface area contributed by atoms with Crippen LogP contribution in [-0.4, -0.2) is 15.8 Å². The van der Waals surface area contributed by atoms with Crippen molar-refractivity contribution in [3.8, 4) is 10.6 Å². The Bertz CT molecular complexity index is 890. The summed E-state index contributed by atoms with van der Waals surface area (Å²) in [6.07, 6.45) is 1.74. The number of hydrogen-bond acceptors (Lipinski definition) is 5. The van der Waals surface area contributed by atoms with Gasteiger partial charge in [-0.1, -0.05) is 6.07 Å². The fourth-order valence-corrected chi connectivity index (χ4v) is 2.86. The number of rotatable bonds is 4. The Balaban J connectivity index is 1.77. The summed E-state index contributed by atoms with van der Waals surface area (Å²) in [6.45, 7) is 1.64. The fraction of sp³-hybridized carbons (Fsp3) is 0.0588. The number of nitrogens with zero attached hydrogens (tertiary/aromatic N) is 2. The van der Waals surface area contributed by atoms with E-state index in [4.69, 9.17) is 0 Å². The van der Waals surface area contributed by atoms with E-state index in [0.717, 1.165) is 10.6 Å². The van der Waals surface area contributed by atoms with Gasteiger partial charge in [0.1, 0.15) is 5.01 Å². The van der Waals surface area contributed by atoms with Gasteiger partial charge >= 0.3 is 0 Å². The number of carbonyl (C=O) groups is 1. The summed E-state index contributed by atoms with van der Waals surface area (Å²) in [7, 11) is 0. The summed E-state index contributed by atoms with van der Waals surface area (Å²) >= 11 is 1.54. The van der Waals surface area contributed by atoms with Crippen molar-refractivity contribution in [3.05, 3.63) is 75.3 Å². The third-order valence-electron chi connectivity index (χ3n) is 3.49. The zero-order valence-electron chi connectivity index (χ0n) is 12.7. The average Bonchev–Trinajstić information content (AvgIpc) is 3.10. The molecular weight excluding hydrogens is 326 g/mol. The highest BCUT2D eigenvalue weighted by Crippen LogP contribution is 2.24. The van der Waals surface area contributed by atoms with Crippen molar-refractivity contribution < 1.29 is 9.72 Å². The van der Waals surface area contributed by atoms with Crippen molar-refractivity contribution in [1.82, 2.24) is 4.98 Å². The summed E-state index contributed by atoms with van der Waals surface area (Å²) < 4.78 is 0. The van der Waals surface area contributed by atoms with Crippen LogP contribution < -0.4 is 5.32 Å². The van der Waals surface area contributed by atoms with Gasteiger partial charge in [-0.15, -0.1) is 11.3 Å². The minimum Gasteiger partial charge on any atom is -0.322 e. The van der Waals surface area contributed by atoms with E-state index in [1.165, 1.54) is 17.4 Å². The maximum atomic E-state index is 12.3. The van der Waals surface area contributed by atoms with E-state index in [-0.39, 0.29) is 17.2 Å². The number of aromatic nitrogens is 1. The molecule has 0 aliphatic rings. The molecule has 1 N–H and O–H groups in total. The van der Waals surface area contributed by atoms with Gasteiger partial charge in [-0.3, -0.25) is 14.9 Å². The second-order valence-corrected chi connectivity index (χ2v) is 6.02. The van der Waals surface area contributed by atoms with Crippen molar-refractivity contribution >= 4 is 28.6 Å². The van der Waals surface area contributed by atoms with Crippen LogP contribution in [0, 0.1) is 17.0 Å². The molecule has 1 amide bonds. The SMILES string of the molecule is Cc1ccc(C(=O)Nc2ccc(-c3nccs3)cc2)cc1[N+](=O)[O-]. The third kappa shape index (κ3) is 3.31. The minimum absolute atomic E-state index is 0.0678. The summed E-state index contributed by atoms with van der Waals surface area (Å²) in [6, 6.07) is 11.7. The molecule has 1 aromatic heterocycles. The lowest BCUT2D eigenvalue weighted by Gasteiger charge is -2.07. The Hall–Kier alpha value is -3.06. The molecule has 0 fully saturated rings. The first-order valence-electron chi connectivity index (χ1n) is 7.11. The first-order chi connectivity index (χ1) is 11.5. The first-order valence-corrected chi connectivity index (χ1v) is 7.99. The lowest BCUT2D eigenvalue weighted by Crippen LogP contribution is -2.12. The van der Waals surface area contributed by atoms with Gasteiger partial charge < -0.3 is 5.32 Å². The first kappa shape index (κ1) is 15.8. The molecule has 120 valence electrons. The van der Waals surface area contributed by atoms with Gasteiger partial charge in [0.25, 0.3) is 11.6 Å². The van der Waals surface area contributed by atoms with Crippen LogP contribution in [0.3, 0.4) is 0 Å². The normalized spacial score (nSPS) is 10.4. The zero-order valence-corrected chi connectivity index (χ0v) is 13.5. The molecule has 1 heterocycles. The molecule has 2 aromatic carbocycles. The smallest absolute Gasteiger partial charge is 0.273 e. The molecular formula is C17H13N3O3S. The highest BCUT2D eigenvalue weighted by molar-refractivity contribution is 7.13. The zero-order chi connectivity index (χ0) is 17.1. The van der Waals surface area contributed by atoms with Gasteiger partial charge in [0.2, 0.25) is 0 Å². The lowest BCUT2D eigenvalue weighted by atomic mass is 10.1. The molecule has 3 rings (SSSR count). The number of anilines is 1. The Morgan fingerprint density at radius 1 is 1.21 bits per heavy atom. The molecule has 6 nitrogen and oxygen atoms in total. The van der Waals surface area contributed by atoms with E-state index >= 15 is 0 Å². The van der Waals surface area contributed by atoms with Crippen LogP contribution in [0.1, 0.15) is 15.9 Å². The monoisotopic (exact) mass is 339 g/mol. The molecule has 0 saturated heterocycles. The molecule has 0 aliphatic heterocycles. The lowest BCUT2D eigenvalue weighted by molar-refractivity contribution is -0.385. The summed E-state index contributed by atoms with van der Waals surface area (Å²) in [5, 5.41) is 16.5. The van der Waals surface area contributed by atoms with Crippen LogP contribution in [0.4, 0.5) is 11.4 Å². The van der Waals surface area contributed by atoms with Crippen molar-refractivity contribution in [1.29, 1.82) is 0 Å². The third-order valence-corrected chi connectivity index (χ3v) is 4.31. The number of hydrogen-bond donors (Lipinski definition) is 1. The second kappa shape index (κ2) is 6.59. The number of amides is 1. The molecule has 3 aromatic rings. The maximum absolute atomic E-state index is 12.3. The van der Waals surface area contributed by atoms with Crippen LogP contribution in [0.25, 0.3) is 10.6 Å². The Morgan fingerprint density at radius 3 is 2.58 bits per heavy atom. The molecule has 0 unspecified atom stereocenters. The van der Waals surface area contributed by atoms with E-state index in [0.29, 0.717) is 11.3 Å². The molecule has 0 radical (unpaired) electrons. The average molecular weight is 339 g/mol. The predicted molar refractivity (Wildman–Crippen MR) is 93.3 cm³/mol. The number of nitro groups is 1. The van der Waals surface area contributed by atoms with Crippen LogP contribution in [0.15, 0.2) is 54.0 Å². The molecule has 0 atom stereocenters. The molecule has 24 heavy (non-hydrogen) atoms. The number of benzene rings is 2. The van der Waals surface area contributed by atoms with Crippen LogP contribution in [0.5, 0.6) is 0 Å². The van der Waals surface area contributed by atoms with Crippen LogP contribution >= 0.6 is 11.3 Å². The fourth-order valence-electron chi connectivity index (χ4n) is 2.21. The molecule has 0 bridgehead atoms. The summed E-state index contributed by atoms with van der Waals surface area (Å²) in [4.78, 5) is 27.0. The molecule has 0 aliphatic carbocycles. The van der Waals surface area contributed by atoms with E-state index in [9.17, 15) is 14.9 Å². The largest absolute Gasteiger partial charge is 0.322 e. The number of carbonyl (C=O) groups excluding carboxylic acids is 1. The standard InChI is InChI=1S/C17H13N3O3S/c1-11-2-3-13(10-15(11)20(22)23)16(21)19-14-6-4-12(5-7-14)17-18-8-9-24-17/h2-10H,1H3,(H,19,21). The van der Waals surface area contributed by atoms with Gasteiger partial charge in [-0.2, -0.15) is 0 Å². The second-order valence-electron chi connectivity index (χ2n) is 5.13. The maximum Gasteiger partial charge on any atom is 0.273 e. The quantitative estimate of drug-likeness (QED) is 0.568. The summed E-state index contributed by atoms with van der Waals surface area (Å²) in [5.74, 6) is -0.389. The Kier molecular flexibility index (Phi) is 4.35. The van der Waals surface area contributed by atoms with E-state index < -0.39 is 4.92 Å². The number of thiazole rings is 1. The molecule has 0 saturated carbocycles. The van der Waals surface area contributed by atoms with E-state index in [2.05, 4.69) is 10.3 Å². The molecule has 0 spiro atoms. The number of aryl methyl sites for hydroxylation is 1. The molecule has 7 heteroatoms. The van der Waals surface area contributed by atoms with E-state index in [1.54, 1.807) is 37.4 Å². The van der Waals surface area contributed by atoms with Gasteiger partial charge in [-0.25, -0.2) is 4.98 Å². The van der Waals surface area contributed by atoms with Crippen molar-refractivity contribution in [3.63, 3.8) is 0 Å². The highest BCUT2D eigenvalue weighted by Gasteiger charge is 2.15. The van der Waals surface area contributed by atoms with Crippen molar-refractivity contribution in [2.24, 2.45) is 0 Å². The van der Waals surface area contributed by atoms with Crippen LogP contribution in [-0.2, 0) is 0 Å². The Morgan fingerprint density at radius 2 is 1.96 bits per heavy atom. The van der Waals surface area contributed by atoms with Gasteiger partial charge in [-0.05, 0) is 37.3 Å².